The number of anilines is 1. The summed E-state index contributed by atoms with van der Waals surface area (Å²) in [5.41, 5.74) is 1.43. The first-order valence-corrected chi connectivity index (χ1v) is 10.8. The molecule has 1 aliphatic rings. The van der Waals surface area contributed by atoms with Gasteiger partial charge in [-0.15, -0.1) is 0 Å². The molecule has 7 heteroatoms. The summed E-state index contributed by atoms with van der Waals surface area (Å²) < 4.78 is 40.9. The quantitative estimate of drug-likeness (QED) is 0.611. The van der Waals surface area contributed by atoms with Crippen molar-refractivity contribution in [2.45, 2.75) is 37.1 Å². The summed E-state index contributed by atoms with van der Waals surface area (Å²) in [6, 6.07) is 10.4. The second-order valence-electron chi connectivity index (χ2n) is 6.97. The van der Waals surface area contributed by atoms with Gasteiger partial charge in [-0.05, 0) is 68.7 Å². The van der Waals surface area contributed by atoms with E-state index in [1.54, 1.807) is 18.3 Å². The number of benzene rings is 2. The first kappa shape index (κ1) is 18.3. The van der Waals surface area contributed by atoms with Crippen LogP contribution in [0.4, 0.5) is 10.1 Å². The van der Waals surface area contributed by atoms with Crippen molar-refractivity contribution in [3.8, 4) is 0 Å². The lowest BCUT2D eigenvalue weighted by Gasteiger charge is -2.35. The van der Waals surface area contributed by atoms with Gasteiger partial charge in [0.05, 0.1) is 16.1 Å². The van der Waals surface area contributed by atoms with Gasteiger partial charge >= 0.3 is 0 Å². The number of aromatic nitrogens is 1. The largest absolute Gasteiger partial charge is 0.367 e. The number of hydrogen-bond acceptors (Lipinski definition) is 3. The Balaban J connectivity index is 1.92. The van der Waals surface area contributed by atoms with E-state index in [4.69, 9.17) is 11.6 Å². The Hall–Kier alpha value is -2.05. The molecule has 2 heterocycles. The van der Waals surface area contributed by atoms with E-state index < -0.39 is 15.8 Å². The Labute approximate surface area is 163 Å². The fourth-order valence-electron chi connectivity index (χ4n) is 3.76. The summed E-state index contributed by atoms with van der Waals surface area (Å²) in [5.74, 6) is -0.471. The standard InChI is InChI=1S/C20H20ClFN2O2S/c1-14-4-2-3-11-23(14)20-13-24(19-10-5-15(21)12-18(19)20)27(25,26)17-8-6-16(22)7-9-17/h5-10,12-14H,2-4,11H2,1H3. The molecule has 1 aliphatic heterocycles. The number of piperidine rings is 1. The predicted octanol–water partition coefficient (Wildman–Crippen LogP) is 5.05. The van der Waals surface area contributed by atoms with Gasteiger partial charge in [0.15, 0.2) is 0 Å². The zero-order chi connectivity index (χ0) is 19.2. The molecule has 0 N–H and O–H groups in total. The first-order valence-electron chi connectivity index (χ1n) is 8.96. The minimum Gasteiger partial charge on any atom is -0.367 e. The van der Waals surface area contributed by atoms with Crippen LogP contribution in [0.2, 0.25) is 5.02 Å². The number of fused-ring (bicyclic) bond motifs is 1. The lowest BCUT2D eigenvalue weighted by Crippen LogP contribution is -2.37. The van der Waals surface area contributed by atoms with Crippen molar-refractivity contribution in [1.82, 2.24) is 3.97 Å². The van der Waals surface area contributed by atoms with Gasteiger partial charge in [-0.1, -0.05) is 11.6 Å². The summed E-state index contributed by atoms with van der Waals surface area (Å²) in [5, 5.41) is 1.37. The third-order valence-electron chi connectivity index (χ3n) is 5.19. The summed E-state index contributed by atoms with van der Waals surface area (Å²) in [6.45, 7) is 3.03. The number of nitrogens with zero attached hydrogens (tertiary/aromatic N) is 2. The third-order valence-corrected chi connectivity index (χ3v) is 7.12. The number of hydrogen-bond donors (Lipinski definition) is 0. The molecule has 27 heavy (non-hydrogen) atoms. The Bertz CT molecular complexity index is 1090. The van der Waals surface area contributed by atoms with Crippen molar-refractivity contribution in [1.29, 1.82) is 0 Å². The SMILES string of the molecule is CC1CCCCN1c1cn(S(=O)(=O)c2ccc(F)cc2)c2ccc(Cl)cc12. The molecule has 2 aromatic carbocycles. The van der Waals surface area contributed by atoms with Gasteiger partial charge in [0.2, 0.25) is 0 Å². The van der Waals surface area contributed by atoms with E-state index in [0.717, 1.165) is 42.6 Å². The highest BCUT2D eigenvalue weighted by atomic mass is 35.5. The van der Waals surface area contributed by atoms with Crippen LogP contribution in [0.15, 0.2) is 53.6 Å². The molecule has 0 spiro atoms. The van der Waals surface area contributed by atoms with E-state index >= 15 is 0 Å². The lowest BCUT2D eigenvalue weighted by molar-refractivity contribution is 0.485. The molecule has 0 aliphatic carbocycles. The molecule has 0 radical (unpaired) electrons. The average Bonchev–Trinajstić information content (AvgIpc) is 3.02. The molecule has 1 unspecified atom stereocenters. The van der Waals surface area contributed by atoms with Crippen LogP contribution in [0, 0.1) is 5.82 Å². The van der Waals surface area contributed by atoms with Crippen LogP contribution >= 0.6 is 11.6 Å². The molecule has 1 fully saturated rings. The average molecular weight is 407 g/mol. The molecule has 3 aromatic rings. The molecular weight excluding hydrogens is 387 g/mol. The van der Waals surface area contributed by atoms with Crippen LogP contribution in [0.5, 0.6) is 0 Å². The summed E-state index contributed by atoms with van der Waals surface area (Å²) in [4.78, 5) is 2.30. The normalized spacial score (nSPS) is 18.2. The monoisotopic (exact) mass is 406 g/mol. The van der Waals surface area contributed by atoms with Gasteiger partial charge in [0.1, 0.15) is 5.82 Å². The van der Waals surface area contributed by atoms with E-state index in [9.17, 15) is 12.8 Å². The van der Waals surface area contributed by atoms with Crippen LogP contribution < -0.4 is 4.90 Å². The molecule has 0 amide bonds. The van der Waals surface area contributed by atoms with Crippen molar-refractivity contribution in [3.05, 3.63) is 59.5 Å². The molecule has 4 nitrogen and oxygen atoms in total. The summed E-state index contributed by atoms with van der Waals surface area (Å²) >= 11 is 6.21. The van der Waals surface area contributed by atoms with Gasteiger partial charge in [-0.2, -0.15) is 0 Å². The van der Waals surface area contributed by atoms with Gasteiger partial charge in [0, 0.05) is 29.2 Å². The fourth-order valence-corrected chi connectivity index (χ4v) is 5.30. The Kier molecular flexibility index (Phi) is 4.64. The zero-order valence-corrected chi connectivity index (χ0v) is 16.5. The number of rotatable bonds is 3. The molecule has 142 valence electrons. The second kappa shape index (κ2) is 6.84. The molecule has 1 aromatic heterocycles. The smallest absolute Gasteiger partial charge is 0.268 e. The van der Waals surface area contributed by atoms with Crippen LogP contribution in [-0.4, -0.2) is 25.0 Å². The zero-order valence-electron chi connectivity index (χ0n) is 14.9. The van der Waals surface area contributed by atoms with Crippen LogP contribution in [0.3, 0.4) is 0 Å². The second-order valence-corrected chi connectivity index (χ2v) is 9.22. The van der Waals surface area contributed by atoms with Crippen LogP contribution in [0.1, 0.15) is 26.2 Å². The minimum atomic E-state index is -3.85. The third kappa shape index (κ3) is 3.21. The van der Waals surface area contributed by atoms with Crippen LogP contribution in [-0.2, 0) is 10.0 Å². The van der Waals surface area contributed by atoms with E-state index in [1.165, 1.54) is 22.5 Å². The Morgan fingerprint density at radius 3 is 2.56 bits per heavy atom. The molecule has 1 saturated heterocycles. The van der Waals surface area contributed by atoms with Crippen molar-refractivity contribution in [3.63, 3.8) is 0 Å². The first-order chi connectivity index (χ1) is 12.9. The Morgan fingerprint density at radius 1 is 1.11 bits per heavy atom. The summed E-state index contributed by atoms with van der Waals surface area (Å²) in [6.07, 6.45) is 4.98. The maximum atomic E-state index is 13.2. The van der Waals surface area contributed by atoms with Crippen molar-refractivity contribution in [2.24, 2.45) is 0 Å². The highest BCUT2D eigenvalue weighted by Gasteiger charge is 2.26. The Morgan fingerprint density at radius 2 is 1.85 bits per heavy atom. The van der Waals surface area contributed by atoms with Crippen molar-refractivity contribution >= 4 is 38.2 Å². The number of halogens is 2. The van der Waals surface area contributed by atoms with Gasteiger partial charge in [-0.3, -0.25) is 0 Å². The van der Waals surface area contributed by atoms with Gasteiger partial charge in [-0.25, -0.2) is 16.8 Å². The van der Waals surface area contributed by atoms with Gasteiger partial charge < -0.3 is 4.90 Å². The van der Waals surface area contributed by atoms with E-state index in [2.05, 4.69) is 11.8 Å². The van der Waals surface area contributed by atoms with E-state index in [0.29, 0.717) is 16.6 Å². The maximum absolute atomic E-state index is 13.2. The van der Waals surface area contributed by atoms with E-state index in [-0.39, 0.29) is 4.90 Å². The van der Waals surface area contributed by atoms with Crippen molar-refractivity contribution < 1.29 is 12.8 Å². The molecule has 0 saturated carbocycles. The summed E-state index contributed by atoms with van der Waals surface area (Å²) in [7, 11) is -3.85. The van der Waals surface area contributed by atoms with Crippen molar-refractivity contribution in [2.75, 3.05) is 11.4 Å². The predicted molar refractivity (Wildman–Crippen MR) is 107 cm³/mol. The molecular formula is C20H20ClFN2O2S. The van der Waals surface area contributed by atoms with E-state index in [1.807, 2.05) is 6.07 Å². The molecule has 4 rings (SSSR count). The minimum absolute atomic E-state index is 0.0500. The van der Waals surface area contributed by atoms with Gasteiger partial charge in [0.25, 0.3) is 10.0 Å². The highest BCUT2D eigenvalue weighted by Crippen LogP contribution is 2.36. The lowest BCUT2D eigenvalue weighted by atomic mass is 10.0. The fraction of sp³-hybridized carbons (Fsp3) is 0.300. The molecule has 1 atom stereocenters. The highest BCUT2D eigenvalue weighted by molar-refractivity contribution is 7.90. The maximum Gasteiger partial charge on any atom is 0.268 e. The topological polar surface area (TPSA) is 42.3 Å². The molecule has 0 bridgehead atoms. The van der Waals surface area contributed by atoms with Crippen LogP contribution in [0.25, 0.3) is 10.9 Å².